The van der Waals surface area contributed by atoms with Gasteiger partial charge >= 0.3 is 5.97 Å². The number of carbonyl (C=O) groups is 2. The number of benzene rings is 1. The molecule has 6 heteroatoms. The first-order valence-electron chi connectivity index (χ1n) is 6.47. The Balaban J connectivity index is 2.12. The Morgan fingerprint density at radius 3 is 2.85 bits per heavy atom. The molecule has 0 aliphatic carbocycles. The topological polar surface area (TPSA) is 95.9 Å². The highest BCUT2D eigenvalue weighted by Gasteiger charge is 2.30. The van der Waals surface area contributed by atoms with E-state index in [1.807, 2.05) is 18.2 Å². The Bertz CT molecular complexity index is 502. The van der Waals surface area contributed by atoms with Crippen molar-refractivity contribution in [2.45, 2.75) is 25.0 Å². The molecule has 0 fully saturated rings. The van der Waals surface area contributed by atoms with Gasteiger partial charge in [-0.25, -0.2) is 4.79 Å². The van der Waals surface area contributed by atoms with Crippen LogP contribution in [-0.4, -0.2) is 41.3 Å². The van der Waals surface area contributed by atoms with Gasteiger partial charge in [0.05, 0.1) is 6.61 Å². The lowest BCUT2D eigenvalue weighted by molar-refractivity contribution is -0.145. The smallest absolute Gasteiger partial charge is 0.326 e. The molecule has 1 heterocycles. The van der Waals surface area contributed by atoms with Gasteiger partial charge in [0.2, 0.25) is 0 Å². The summed E-state index contributed by atoms with van der Waals surface area (Å²) in [5.41, 5.74) is 1.80. The van der Waals surface area contributed by atoms with Crippen LogP contribution >= 0.6 is 0 Å². The third-order valence-corrected chi connectivity index (χ3v) is 3.26. The van der Waals surface area contributed by atoms with E-state index in [0.29, 0.717) is 6.61 Å². The summed E-state index contributed by atoms with van der Waals surface area (Å²) in [4.78, 5) is 23.2. The van der Waals surface area contributed by atoms with E-state index >= 15 is 0 Å². The molecule has 0 saturated carbocycles. The van der Waals surface area contributed by atoms with Gasteiger partial charge in [-0.3, -0.25) is 4.79 Å². The van der Waals surface area contributed by atoms with Gasteiger partial charge in [-0.1, -0.05) is 24.3 Å². The monoisotopic (exact) mass is 279 g/mol. The lowest BCUT2D eigenvalue weighted by atomic mass is 9.97. The van der Waals surface area contributed by atoms with Gasteiger partial charge in [-0.15, -0.1) is 0 Å². The molecule has 0 bridgehead atoms. The van der Waals surface area contributed by atoms with E-state index in [2.05, 4.69) is 5.32 Å². The lowest BCUT2D eigenvalue weighted by Gasteiger charge is -2.26. The number of fused-ring (bicyclic) bond motifs is 1. The van der Waals surface area contributed by atoms with Crippen LogP contribution in [-0.2, 0) is 20.7 Å². The highest BCUT2D eigenvalue weighted by atomic mass is 16.5. The summed E-state index contributed by atoms with van der Waals surface area (Å²) >= 11 is 0. The lowest BCUT2D eigenvalue weighted by Crippen LogP contribution is -2.44. The minimum Gasteiger partial charge on any atom is -0.480 e. The van der Waals surface area contributed by atoms with Crippen molar-refractivity contribution in [3.63, 3.8) is 0 Å². The SMILES string of the molecule is O=C(O)C(CCO)NC(=O)C1OCCc2ccccc21. The van der Waals surface area contributed by atoms with Crippen LogP contribution in [0.25, 0.3) is 0 Å². The molecule has 20 heavy (non-hydrogen) atoms. The van der Waals surface area contributed by atoms with E-state index in [-0.39, 0.29) is 13.0 Å². The molecule has 3 N–H and O–H groups in total. The van der Waals surface area contributed by atoms with E-state index in [4.69, 9.17) is 14.9 Å². The van der Waals surface area contributed by atoms with E-state index in [1.54, 1.807) is 6.07 Å². The number of hydrogen-bond acceptors (Lipinski definition) is 4. The number of aliphatic hydroxyl groups excluding tert-OH is 1. The van der Waals surface area contributed by atoms with E-state index in [0.717, 1.165) is 17.5 Å². The average Bonchev–Trinajstić information content (AvgIpc) is 2.46. The fourth-order valence-electron chi connectivity index (χ4n) is 2.24. The summed E-state index contributed by atoms with van der Waals surface area (Å²) < 4.78 is 5.46. The highest BCUT2D eigenvalue weighted by molar-refractivity contribution is 5.87. The number of rotatable bonds is 5. The van der Waals surface area contributed by atoms with Crippen molar-refractivity contribution < 1.29 is 24.5 Å². The Labute approximate surface area is 116 Å². The van der Waals surface area contributed by atoms with Crippen LogP contribution in [0, 0.1) is 0 Å². The van der Waals surface area contributed by atoms with Gasteiger partial charge in [0, 0.05) is 13.0 Å². The predicted octanol–water partition coefficient (Wildman–Crippen LogP) is 0.252. The second kappa shape index (κ2) is 6.49. The maximum Gasteiger partial charge on any atom is 0.326 e. The number of carboxylic acid groups (broad SMARTS) is 1. The van der Waals surface area contributed by atoms with Crippen LogP contribution in [0.5, 0.6) is 0 Å². The third kappa shape index (κ3) is 3.15. The molecule has 108 valence electrons. The molecule has 0 aromatic heterocycles. The molecular formula is C14H17NO5. The number of hydrogen-bond donors (Lipinski definition) is 3. The first-order valence-corrected chi connectivity index (χ1v) is 6.47. The zero-order valence-corrected chi connectivity index (χ0v) is 10.9. The van der Waals surface area contributed by atoms with Crippen molar-refractivity contribution in [2.75, 3.05) is 13.2 Å². The first kappa shape index (κ1) is 14.5. The number of nitrogens with one attached hydrogen (secondary N) is 1. The molecular weight excluding hydrogens is 262 g/mol. The molecule has 6 nitrogen and oxygen atoms in total. The molecule has 0 saturated heterocycles. The fraction of sp³-hybridized carbons (Fsp3) is 0.429. The number of aliphatic hydroxyl groups is 1. The van der Waals surface area contributed by atoms with Crippen LogP contribution in [0.3, 0.4) is 0 Å². The molecule has 1 amide bonds. The molecule has 2 unspecified atom stereocenters. The summed E-state index contributed by atoms with van der Waals surface area (Å²) in [5, 5.41) is 20.2. The van der Waals surface area contributed by atoms with Gasteiger partial charge in [-0.05, 0) is 17.5 Å². The Morgan fingerprint density at radius 1 is 1.40 bits per heavy atom. The van der Waals surface area contributed by atoms with Crippen molar-refractivity contribution in [2.24, 2.45) is 0 Å². The molecule has 2 atom stereocenters. The summed E-state index contributed by atoms with van der Waals surface area (Å²) in [7, 11) is 0. The fourth-order valence-corrected chi connectivity index (χ4v) is 2.24. The predicted molar refractivity (Wildman–Crippen MR) is 70.1 cm³/mol. The molecule has 0 spiro atoms. The van der Waals surface area contributed by atoms with Gasteiger partial charge in [-0.2, -0.15) is 0 Å². The number of carbonyl (C=O) groups excluding carboxylic acids is 1. The van der Waals surface area contributed by atoms with Crippen LogP contribution in [0.15, 0.2) is 24.3 Å². The minimum absolute atomic E-state index is 0.0323. The summed E-state index contributed by atoms with van der Waals surface area (Å²) in [6.07, 6.45) is -0.0884. The van der Waals surface area contributed by atoms with Gasteiger partial charge < -0.3 is 20.3 Å². The molecule has 1 aliphatic rings. The van der Waals surface area contributed by atoms with Crippen LogP contribution in [0.4, 0.5) is 0 Å². The van der Waals surface area contributed by atoms with Gasteiger partial charge in [0.1, 0.15) is 6.04 Å². The second-order valence-corrected chi connectivity index (χ2v) is 4.61. The number of carboxylic acids is 1. The Kier molecular flexibility index (Phi) is 4.70. The molecule has 1 aliphatic heterocycles. The summed E-state index contributed by atoms with van der Waals surface area (Å²) in [5.74, 6) is -1.66. The highest BCUT2D eigenvalue weighted by Crippen LogP contribution is 2.27. The van der Waals surface area contributed by atoms with E-state index < -0.39 is 24.0 Å². The number of aliphatic carboxylic acids is 1. The largest absolute Gasteiger partial charge is 0.480 e. The normalized spacial score (nSPS) is 18.9. The summed E-state index contributed by atoms with van der Waals surface area (Å²) in [6.45, 7) is 0.117. The van der Waals surface area contributed by atoms with Crippen molar-refractivity contribution in [3.05, 3.63) is 35.4 Å². The Morgan fingerprint density at radius 2 is 2.15 bits per heavy atom. The number of ether oxygens (including phenoxy) is 1. The molecule has 0 radical (unpaired) electrons. The average molecular weight is 279 g/mol. The molecule has 1 aromatic carbocycles. The standard InChI is InChI=1S/C14H17NO5/c16-7-5-11(14(18)19)15-13(17)12-10-4-2-1-3-9(10)6-8-20-12/h1-4,11-12,16H,5-8H2,(H,15,17)(H,18,19). The summed E-state index contributed by atoms with van der Waals surface area (Å²) in [6, 6.07) is 6.34. The van der Waals surface area contributed by atoms with Crippen molar-refractivity contribution >= 4 is 11.9 Å². The minimum atomic E-state index is -1.17. The second-order valence-electron chi connectivity index (χ2n) is 4.61. The zero-order valence-electron chi connectivity index (χ0n) is 10.9. The van der Waals surface area contributed by atoms with Crippen LogP contribution in [0.2, 0.25) is 0 Å². The number of amides is 1. The maximum absolute atomic E-state index is 12.2. The molecule has 2 rings (SSSR count). The quantitative estimate of drug-likeness (QED) is 0.718. The van der Waals surface area contributed by atoms with Crippen molar-refractivity contribution in [1.82, 2.24) is 5.32 Å². The van der Waals surface area contributed by atoms with E-state index in [1.165, 1.54) is 0 Å². The van der Waals surface area contributed by atoms with E-state index in [9.17, 15) is 9.59 Å². The maximum atomic E-state index is 12.2. The van der Waals surface area contributed by atoms with Crippen molar-refractivity contribution in [1.29, 1.82) is 0 Å². The molecule has 1 aromatic rings. The van der Waals surface area contributed by atoms with Crippen LogP contribution in [0.1, 0.15) is 23.7 Å². The van der Waals surface area contributed by atoms with Gasteiger partial charge in [0.25, 0.3) is 5.91 Å². The Hall–Kier alpha value is -1.92. The van der Waals surface area contributed by atoms with Crippen molar-refractivity contribution in [3.8, 4) is 0 Å². The van der Waals surface area contributed by atoms with Crippen LogP contribution < -0.4 is 5.32 Å². The zero-order chi connectivity index (χ0) is 14.5. The third-order valence-electron chi connectivity index (χ3n) is 3.26. The van der Waals surface area contributed by atoms with Gasteiger partial charge in [0.15, 0.2) is 6.10 Å². The first-order chi connectivity index (χ1) is 9.63.